The summed E-state index contributed by atoms with van der Waals surface area (Å²) in [4.78, 5) is 45.2. The molecule has 1 aromatic rings. The minimum atomic E-state index is -1.33. The monoisotopic (exact) mass is 720 g/mol. The molecule has 3 fully saturated rings. The normalized spacial score (nSPS) is 30.3. The Labute approximate surface area is 305 Å². The van der Waals surface area contributed by atoms with Gasteiger partial charge in [-0.1, -0.05) is 30.2 Å². The predicted octanol–water partition coefficient (Wildman–Crippen LogP) is 4.84. The maximum atomic E-state index is 14.1. The fourth-order valence-electron chi connectivity index (χ4n) is 9.40. The molecule has 0 unspecified atom stereocenters. The van der Waals surface area contributed by atoms with Gasteiger partial charge in [0.25, 0.3) is 0 Å². The third-order valence-corrected chi connectivity index (χ3v) is 12.4. The number of Topliss-reactive ketones (excluding diaryl/α,β-unsaturated/α-hetero) is 1. The summed E-state index contributed by atoms with van der Waals surface area (Å²) in [5.74, 6) is 3.31. The maximum absolute atomic E-state index is 14.1. The number of hydrogen-bond acceptors (Lipinski definition) is 9. The van der Waals surface area contributed by atoms with Gasteiger partial charge in [0.05, 0.1) is 6.54 Å². The summed E-state index contributed by atoms with van der Waals surface area (Å²) in [7, 11) is 0. The van der Waals surface area contributed by atoms with Crippen LogP contribution in [0, 0.1) is 22.7 Å². The maximum Gasteiger partial charge on any atom is 0.229 e. The van der Waals surface area contributed by atoms with Gasteiger partial charge in [-0.3, -0.25) is 14.5 Å². The van der Waals surface area contributed by atoms with Crippen LogP contribution < -0.4 is 14.7 Å². The Morgan fingerprint density at radius 3 is 2.12 bits per heavy atom. The van der Waals surface area contributed by atoms with Crippen LogP contribution in [0.4, 0.5) is 17.6 Å². The zero-order chi connectivity index (χ0) is 32.9. The summed E-state index contributed by atoms with van der Waals surface area (Å²) < 4.78 is 0. The lowest BCUT2D eigenvalue weighted by molar-refractivity contribution is -0.154. The van der Waals surface area contributed by atoms with Crippen LogP contribution in [0.5, 0.6) is 0 Å². The van der Waals surface area contributed by atoms with Gasteiger partial charge in [-0.2, -0.15) is 9.97 Å². The Bertz CT molecular complexity index is 1420. The van der Waals surface area contributed by atoms with E-state index in [0.29, 0.717) is 18.8 Å². The van der Waals surface area contributed by atoms with E-state index in [1.54, 1.807) is 6.08 Å². The molecule has 1 aliphatic heterocycles. The quantitative estimate of drug-likeness (QED) is 0.338. The number of hydrogen-bond donors (Lipinski definition) is 1. The second kappa shape index (κ2) is 15.8. The minimum Gasteiger partial charge on any atom is -0.412 e. The number of anilines is 3. The SMILES string of the molecule is CCN(CC)c1cc(N(CC)CC)nc(N2CCN(CC(=O)[C@@]3(O)CC[C@H]4[C@@H]5CCC6=CC(=O)C=C[C@]6(C)C5=CC[C@@]43C)CC2)n1.Cl.Cl.O. The van der Waals surface area contributed by atoms with Crippen molar-refractivity contribution in [1.82, 2.24) is 14.9 Å². The average Bonchev–Trinajstić information content (AvgIpc) is 3.34. The molecule has 49 heavy (non-hydrogen) atoms. The third-order valence-electron chi connectivity index (χ3n) is 12.4. The molecule has 0 bridgehead atoms. The van der Waals surface area contributed by atoms with Crippen LogP contribution in [-0.2, 0) is 9.59 Å². The molecule has 0 amide bonds. The Morgan fingerprint density at radius 1 is 0.959 bits per heavy atom. The fraction of sp³-hybridized carbons (Fsp3) is 0.676. The molecule has 0 aromatic carbocycles. The lowest BCUT2D eigenvalue weighted by Crippen LogP contribution is -2.58. The van der Waals surface area contributed by atoms with Gasteiger partial charge < -0.3 is 25.3 Å². The highest BCUT2D eigenvalue weighted by atomic mass is 35.5. The molecular formula is C37H58Cl2N6O4. The molecule has 2 saturated carbocycles. The van der Waals surface area contributed by atoms with Crippen molar-refractivity contribution in [1.29, 1.82) is 0 Å². The van der Waals surface area contributed by atoms with E-state index < -0.39 is 11.0 Å². The summed E-state index contributed by atoms with van der Waals surface area (Å²) >= 11 is 0. The second-order valence-corrected chi connectivity index (χ2v) is 14.5. The number of aromatic nitrogens is 2. The largest absolute Gasteiger partial charge is 0.412 e. The molecule has 0 radical (unpaired) electrons. The first kappa shape index (κ1) is 40.9. The predicted molar refractivity (Wildman–Crippen MR) is 202 cm³/mol. The highest BCUT2D eigenvalue weighted by molar-refractivity contribution is 6.01. The molecule has 5 aliphatic rings. The van der Waals surface area contributed by atoms with E-state index >= 15 is 0 Å². The first-order chi connectivity index (χ1) is 22.0. The van der Waals surface area contributed by atoms with E-state index in [0.717, 1.165) is 89.2 Å². The molecule has 6 rings (SSSR count). The molecule has 0 spiro atoms. The summed E-state index contributed by atoms with van der Waals surface area (Å²) in [6.45, 7) is 19.8. The molecular weight excluding hydrogens is 663 g/mol. The number of ketones is 2. The van der Waals surface area contributed by atoms with E-state index in [-0.39, 0.29) is 59.7 Å². The Kier molecular flexibility index (Phi) is 13.2. The van der Waals surface area contributed by atoms with E-state index in [1.165, 1.54) is 11.1 Å². The minimum absolute atomic E-state index is 0. The molecule has 10 nitrogen and oxygen atoms in total. The summed E-state index contributed by atoms with van der Waals surface area (Å²) in [5.41, 5.74) is 0.574. The lowest BCUT2D eigenvalue weighted by Gasteiger charge is -2.53. The molecule has 1 saturated heterocycles. The van der Waals surface area contributed by atoms with Crippen LogP contribution in [0.3, 0.4) is 0 Å². The standard InChI is InChI=1S/C37H54N6O3.2ClH.H2O/c1-7-41(8-2)32-24-33(42(9-3)10-4)39-34(38-32)43-21-19-40(20-22-43)25-31(45)37(46)18-15-30-28-12-11-26-23-27(44)13-16-35(26,5)29(28)14-17-36(30,37)6;;;/h13-14,16,23-24,28,30,46H,7-12,15,17-22,25H2,1-6H3;2*1H;1H2/t28-,30+,35+,36+,37+;;;/m1.../s1. The van der Waals surface area contributed by atoms with Crippen molar-refractivity contribution in [3.05, 3.63) is 41.5 Å². The zero-order valence-corrected chi connectivity index (χ0v) is 31.8. The average molecular weight is 722 g/mol. The molecule has 12 heteroatoms. The molecule has 1 aromatic heterocycles. The van der Waals surface area contributed by atoms with Crippen molar-refractivity contribution in [2.75, 3.05) is 73.6 Å². The number of carbonyl (C=O) groups excluding carboxylic acids is 2. The molecule has 274 valence electrons. The summed E-state index contributed by atoms with van der Waals surface area (Å²) in [6, 6.07) is 2.11. The molecule has 2 heterocycles. The van der Waals surface area contributed by atoms with Crippen LogP contribution in [0.25, 0.3) is 0 Å². The van der Waals surface area contributed by atoms with Gasteiger partial charge in [-0.25, -0.2) is 0 Å². The van der Waals surface area contributed by atoms with Crippen molar-refractivity contribution in [3.63, 3.8) is 0 Å². The molecule has 5 atom stereocenters. The first-order valence-electron chi connectivity index (χ1n) is 17.8. The number of rotatable bonds is 10. The topological polar surface area (TPSA) is 125 Å². The molecule has 4 aliphatic carbocycles. The van der Waals surface area contributed by atoms with Crippen molar-refractivity contribution >= 4 is 54.0 Å². The number of carbonyl (C=O) groups is 2. The van der Waals surface area contributed by atoms with Crippen LogP contribution >= 0.6 is 24.8 Å². The zero-order valence-electron chi connectivity index (χ0n) is 30.2. The van der Waals surface area contributed by atoms with Crippen molar-refractivity contribution in [2.24, 2.45) is 22.7 Å². The highest BCUT2D eigenvalue weighted by Gasteiger charge is 2.64. The van der Waals surface area contributed by atoms with Crippen LogP contribution in [0.15, 0.2) is 41.5 Å². The number of halogens is 2. The molecule has 3 N–H and O–H groups in total. The van der Waals surface area contributed by atoms with Crippen molar-refractivity contribution in [2.45, 2.75) is 79.2 Å². The number of allylic oxidation sites excluding steroid dienone is 6. The van der Waals surface area contributed by atoms with Gasteiger partial charge in [0, 0.05) is 69.3 Å². The summed E-state index contributed by atoms with van der Waals surface area (Å²) in [5, 5.41) is 12.2. The van der Waals surface area contributed by atoms with E-state index in [9.17, 15) is 14.7 Å². The smallest absolute Gasteiger partial charge is 0.229 e. The van der Waals surface area contributed by atoms with Gasteiger partial charge in [0.15, 0.2) is 11.6 Å². The van der Waals surface area contributed by atoms with Gasteiger partial charge in [-0.15, -0.1) is 24.8 Å². The van der Waals surface area contributed by atoms with Crippen LogP contribution in [0.2, 0.25) is 0 Å². The van der Waals surface area contributed by atoms with Gasteiger partial charge in [-0.05, 0) is 90.7 Å². The number of nitrogens with zero attached hydrogens (tertiary/aromatic N) is 6. The van der Waals surface area contributed by atoms with E-state index in [4.69, 9.17) is 9.97 Å². The second-order valence-electron chi connectivity index (χ2n) is 14.5. The van der Waals surface area contributed by atoms with Crippen LogP contribution in [-0.4, -0.2) is 102 Å². The number of aliphatic hydroxyl groups is 1. The highest BCUT2D eigenvalue weighted by Crippen LogP contribution is 2.65. The number of piperazine rings is 1. The van der Waals surface area contributed by atoms with E-state index in [2.05, 4.69) is 79.4 Å². The van der Waals surface area contributed by atoms with Crippen molar-refractivity contribution in [3.8, 4) is 0 Å². The van der Waals surface area contributed by atoms with E-state index in [1.807, 2.05) is 6.08 Å². The number of fused-ring (bicyclic) bond motifs is 5. The first-order valence-corrected chi connectivity index (χ1v) is 17.8. The third kappa shape index (κ3) is 6.93. The Morgan fingerprint density at radius 2 is 1.55 bits per heavy atom. The fourth-order valence-corrected chi connectivity index (χ4v) is 9.40. The van der Waals surface area contributed by atoms with Crippen molar-refractivity contribution < 1.29 is 20.2 Å². The lowest BCUT2D eigenvalue weighted by atomic mass is 9.51. The van der Waals surface area contributed by atoms with Crippen LogP contribution in [0.1, 0.15) is 73.6 Å². The Balaban J connectivity index is 0.00000217. The van der Waals surface area contributed by atoms with Gasteiger partial charge in [0.2, 0.25) is 5.95 Å². The van der Waals surface area contributed by atoms with Gasteiger partial charge >= 0.3 is 0 Å². The Hall–Kier alpha value is -2.50. The van der Waals surface area contributed by atoms with Gasteiger partial charge in [0.1, 0.15) is 17.2 Å². The summed E-state index contributed by atoms with van der Waals surface area (Å²) in [6.07, 6.45) is 11.9.